The molecule has 11 rings (SSSR count). The lowest BCUT2D eigenvalue weighted by Gasteiger charge is -2.23. The molecule has 0 aliphatic carbocycles. The number of pyridine rings is 3. The van der Waals surface area contributed by atoms with Gasteiger partial charge in [0, 0.05) is 109 Å². The lowest BCUT2D eigenvalue weighted by Crippen LogP contribution is -2.34. The number of hydrogen-bond acceptors (Lipinski definition) is 15. The SMILES string of the molecule is CN/C(=C\Cn1cc(-c2cnc(C=N)c(NS(=O)(=O)c3cnc4ccc(-c5cncnc5)cn34)c2)cn1)c1ccc(-c2ccc3ncc(S(=O)(=O)N4N=CC5NC=C(c6cnn(C)c6)C=C54)n3c2)cc1. The molecule has 70 heavy (non-hydrogen) atoms. The highest BCUT2D eigenvalue weighted by atomic mass is 32.2. The van der Waals surface area contributed by atoms with Crippen LogP contribution in [0.1, 0.15) is 16.8 Å². The summed E-state index contributed by atoms with van der Waals surface area (Å²) in [5.74, 6) is 0. The molecule has 0 fully saturated rings. The molecule has 4 N–H and O–H groups in total. The van der Waals surface area contributed by atoms with Crippen LogP contribution in [-0.4, -0.2) is 100 Å². The average Bonchev–Trinajstić information content (AvgIpc) is 4.25. The van der Waals surface area contributed by atoms with Gasteiger partial charge in [0.2, 0.25) is 0 Å². The molecule has 0 saturated heterocycles. The number of nitrogens with zero attached hydrogens (tertiary/aromatic N) is 13. The highest BCUT2D eigenvalue weighted by molar-refractivity contribution is 7.92. The molecule has 2 aliphatic heterocycles. The molecule has 0 bridgehead atoms. The minimum atomic E-state index is -4.21. The normalized spacial score (nSPS) is 14.9. The van der Waals surface area contributed by atoms with Crippen molar-refractivity contribution in [3.8, 4) is 33.4 Å². The van der Waals surface area contributed by atoms with E-state index in [4.69, 9.17) is 5.41 Å². The lowest BCUT2D eigenvalue weighted by molar-refractivity contribution is 0.490. The van der Waals surface area contributed by atoms with Gasteiger partial charge in [-0.25, -0.2) is 19.9 Å². The van der Waals surface area contributed by atoms with Gasteiger partial charge in [-0.05, 0) is 59.2 Å². The Bertz CT molecular complexity index is 3890. The number of dihydropyridines is 1. The van der Waals surface area contributed by atoms with Crippen LogP contribution < -0.4 is 15.4 Å². The number of sulfonamides is 2. The summed E-state index contributed by atoms with van der Waals surface area (Å²) in [5, 5.41) is 27.4. The van der Waals surface area contributed by atoms with E-state index in [0.29, 0.717) is 45.8 Å². The van der Waals surface area contributed by atoms with E-state index in [1.165, 1.54) is 23.1 Å². The fourth-order valence-electron chi connectivity index (χ4n) is 8.20. The summed E-state index contributed by atoms with van der Waals surface area (Å²) in [4.78, 5) is 21.2. The first-order valence-corrected chi connectivity index (χ1v) is 24.4. The van der Waals surface area contributed by atoms with Crippen LogP contribution >= 0.6 is 0 Å². The van der Waals surface area contributed by atoms with Gasteiger partial charge in [-0.1, -0.05) is 24.3 Å². The van der Waals surface area contributed by atoms with E-state index in [2.05, 4.69) is 55.6 Å². The Morgan fingerprint density at radius 3 is 2.16 bits per heavy atom. The first-order valence-electron chi connectivity index (χ1n) is 21.5. The number of imidazole rings is 2. The van der Waals surface area contributed by atoms with Gasteiger partial charge in [-0.3, -0.25) is 27.9 Å². The van der Waals surface area contributed by atoms with Crippen molar-refractivity contribution >= 4 is 60.7 Å². The van der Waals surface area contributed by atoms with Crippen LogP contribution in [0, 0.1) is 5.41 Å². The number of nitrogens with one attached hydrogen (secondary N) is 4. The molecule has 0 spiro atoms. The molecule has 8 aromatic heterocycles. The number of benzene rings is 1. The third-order valence-electron chi connectivity index (χ3n) is 11.8. The van der Waals surface area contributed by atoms with Crippen LogP contribution in [0.4, 0.5) is 5.69 Å². The summed E-state index contributed by atoms with van der Waals surface area (Å²) in [6.45, 7) is 0.388. The molecule has 21 nitrogen and oxygen atoms in total. The second-order valence-electron chi connectivity index (χ2n) is 16.1. The minimum Gasteiger partial charge on any atom is -0.388 e. The van der Waals surface area contributed by atoms with Crippen molar-refractivity contribution in [3.05, 3.63) is 170 Å². The third-order valence-corrected chi connectivity index (χ3v) is 14.7. The number of anilines is 1. The Kier molecular flexibility index (Phi) is 10.7. The van der Waals surface area contributed by atoms with Crippen LogP contribution in [0.2, 0.25) is 0 Å². The monoisotopic (exact) mass is 969 g/mol. The first kappa shape index (κ1) is 43.5. The summed E-state index contributed by atoms with van der Waals surface area (Å²) in [6.07, 6.45) is 27.5. The molecule has 0 radical (unpaired) electrons. The topological polar surface area (TPSA) is 253 Å². The molecule has 0 saturated carbocycles. The lowest BCUT2D eigenvalue weighted by atomic mass is 10.0. The molecule has 348 valence electrons. The van der Waals surface area contributed by atoms with Crippen LogP contribution in [0.25, 0.3) is 55.9 Å². The van der Waals surface area contributed by atoms with E-state index < -0.39 is 26.1 Å². The number of rotatable bonds is 14. The van der Waals surface area contributed by atoms with Crippen molar-refractivity contribution in [1.82, 2.24) is 68.3 Å². The second-order valence-corrected chi connectivity index (χ2v) is 19.5. The summed E-state index contributed by atoms with van der Waals surface area (Å²) < 4.78 is 66.3. The molecule has 0 amide bonds. The molecule has 1 unspecified atom stereocenters. The molecule has 1 atom stereocenters. The third kappa shape index (κ3) is 7.92. The van der Waals surface area contributed by atoms with Gasteiger partial charge in [-0.2, -0.15) is 36.5 Å². The van der Waals surface area contributed by atoms with E-state index >= 15 is 0 Å². The van der Waals surface area contributed by atoms with Crippen molar-refractivity contribution in [2.75, 3.05) is 11.8 Å². The fourth-order valence-corrected chi connectivity index (χ4v) is 10.7. The van der Waals surface area contributed by atoms with Gasteiger partial charge in [-0.15, -0.1) is 0 Å². The fraction of sp³-hybridized carbons (Fsp3) is 0.0851. The van der Waals surface area contributed by atoms with E-state index in [9.17, 15) is 16.8 Å². The number of aromatic nitrogens is 11. The van der Waals surface area contributed by atoms with E-state index in [0.717, 1.165) is 44.2 Å². The standard InChI is InChI=1S/C47H39N17O4S2/c1-49-39(11-12-61-26-38(21-57-61)34-13-40(41(15-48)52-18-34)59-69(65,66)46-23-54-44-10-8-33(28-62(44)46)36-16-50-29-51-17-36)31-5-3-30(4-6-31)32-7-9-45-55-24-47(63(45)27-32)70(67,68)64-43-14-35(19-53-42(43)22-58-64)37-20-56-60(2)25-37/h3-11,13-29,42,48-49,53,59H,12H2,1-2H3/b39-11-,48-15?. The molecule has 1 aromatic carbocycles. The van der Waals surface area contributed by atoms with Gasteiger partial charge in [0.15, 0.2) is 10.1 Å². The Labute approximate surface area is 399 Å². The van der Waals surface area contributed by atoms with Crippen molar-refractivity contribution < 1.29 is 16.8 Å². The summed E-state index contributed by atoms with van der Waals surface area (Å²) in [5.41, 5.74) is 9.23. The Hall–Kier alpha value is -9.09. The number of allylic oxidation sites excluding steroid dienone is 3. The Morgan fingerprint density at radius 2 is 1.44 bits per heavy atom. The Balaban J connectivity index is 0.793. The Morgan fingerprint density at radius 1 is 0.743 bits per heavy atom. The van der Waals surface area contributed by atoms with Crippen molar-refractivity contribution in [1.29, 1.82) is 5.41 Å². The van der Waals surface area contributed by atoms with Gasteiger partial charge in [0.05, 0.1) is 48.9 Å². The zero-order valence-electron chi connectivity index (χ0n) is 37.1. The van der Waals surface area contributed by atoms with E-state index in [1.807, 2.05) is 75.2 Å². The van der Waals surface area contributed by atoms with Gasteiger partial charge in [0.1, 0.15) is 29.4 Å². The first-order chi connectivity index (χ1) is 33.9. The van der Waals surface area contributed by atoms with Crippen molar-refractivity contribution in [2.45, 2.75) is 22.6 Å². The van der Waals surface area contributed by atoms with Gasteiger partial charge >= 0.3 is 10.0 Å². The largest absolute Gasteiger partial charge is 0.388 e. The van der Waals surface area contributed by atoms with Crippen LogP contribution in [0.15, 0.2) is 168 Å². The predicted octanol–water partition coefficient (Wildman–Crippen LogP) is 5.04. The molecule has 9 aromatic rings. The summed E-state index contributed by atoms with van der Waals surface area (Å²) in [7, 11) is -4.74. The van der Waals surface area contributed by atoms with Gasteiger partial charge < -0.3 is 16.0 Å². The maximum atomic E-state index is 14.2. The van der Waals surface area contributed by atoms with E-state index in [-0.39, 0.29) is 21.4 Å². The summed E-state index contributed by atoms with van der Waals surface area (Å²) in [6, 6.07) is 16.3. The quantitative estimate of drug-likeness (QED) is 0.104. The maximum Gasteiger partial charge on any atom is 0.300 e. The number of fused-ring (bicyclic) bond motifs is 3. The highest BCUT2D eigenvalue weighted by Gasteiger charge is 2.38. The molecular formula is C47H39N17O4S2. The maximum absolute atomic E-state index is 14.2. The van der Waals surface area contributed by atoms with Crippen molar-refractivity contribution in [2.24, 2.45) is 12.1 Å². The predicted molar refractivity (Wildman–Crippen MR) is 262 cm³/mol. The number of aryl methyl sites for hydroxylation is 1. The van der Waals surface area contributed by atoms with Crippen LogP contribution in [0.5, 0.6) is 0 Å². The summed E-state index contributed by atoms with van der Waals surface area (Å²) >= 11 is 0. The smallest absolute Gasteiger partial charge is 0.300 e. The second kappa shape index (κ2) is 17.2. The minimum absolute atomic E-state index is 0.0293. The number of hydrogen-bond donors (Lipinski definition) is 4. The average molecular weight is 970 g/mol. The molecular weight excluding hydrogens is 931 g/mol. The van der Waals surface area contributed by atoms with Gasteiger partial charge in [0.25, 0.3) is 10.0 Å². The number of hydrazone groups is 1. The van der Waals surface area contributed by atoms with Crippen molar-refractivity contribution in [3.63, 3.8) is 0 Å². The zero-order valence-corrected chi connectivity index (χ0v) is 38.7. The zero-order chi connectivity index (χ0) is 48.1. The van der Waals surface area contributed by atoms with E-state index in [1.54, 1.807) is 87.6 Å². The van der Waals surface area contributed by atoms with Crippen LogP contribution in [0.3, 0.4) is 0 Å². The molecule has 23 heteroatoms. The molecule has 2 aliphatic rings. The van der Waals surface area contributed by atoms with Crippen LogP contribution in [-0.2, 0) is 33.6 Å². The highest BCUT2D eigenvalue weighted by Crippen LogP contribution is 2.33. The molecule has 10 heterocycles.